The second-order valence-corrected chi connectivity index (χ2v) is 3.43. The lowest BCUT2D eigenvalue weighted by molar-refractivity contribution is 1.06. The van der Waals surface area contributed by atoms with Crippen LogP contribution in [0.5, 0.6) is 0 Å². The molecule has 0 atom stereocenters. The van der Waals surface area contributed by atoms with E-state index in [0.29, 0.717) is 0 Å². The van der Waals surface area contributed by atoms with Gasteiger partial charge in [0.05, 0.1) is 5.71 Å². The van der Waals surface area contributed by atoms with E-state index in [1.165, 1.54) is 11.1 Å². The monoisotopic (exact) mass is 183 g/mol. The van der Waals surface area contributed by atoms with Crippen molar-refractivity contribution in [1.82, 2.24) is 0 Å². The number of benzene rings is 1. The highest BCUT2D eigenvalue weighted by molar-refractivity contribution is 6.10. The lowest BCUT2D eigenvalue weighted by atomic mass is 10.1. The lowest BCUT2D eigenvalue weighted by Crippen LogP contribution is -1.88. The molecule has 1 aromatic carbocycles. The molecule has 1 aromatic rings. The Morgan fingerprint density at radius 1 is 1.00 bits per heavy atom. The Morgan fingerprint density at radius 2 is 1.86 bits per heavy atom. The van der Waals surface area contributed by atoms with Crippen LogP contribution in [-0.2, 0) is 0 Å². The van der Waals surface area contributed by atoms with Gasteiger partial charge < -0.3 is 0 Å². The molecular weight excluding hydrogens is 174 g/mol. The van der Waals surface area contributed by atoms with Gasteiger partial charge in [-0.1, -0.05) is 30.3 Å². The Hall–Kier alpha value is -1.77. The van der Waals surface area contributed by atoms with Gasteiger partial charge in [0.15, 0.2) is 0 Å². The van der Waals surface area contributed by atoms with E-state index >= 15 is 0 Å². The maximum atomic E-state index is 4.06. The zero-order chi connectivity index (χ0) is 9.38. The lowest BCUT2D eigenvalue weighted by Gasteiger charge is -2.00. The minimum absolute atomic E-state index is 0.979. The number of hydrogen-bond acceptors (Lipinski definition) is 3. The third-order valence-electron chi connectivity index (χ3n) is 2.60. The first-order valence-corrected chi connectivity index (χ1v) is 4.72. The highest BCUT2D eigenvalue weighted by atomic mass is 15.4. The summed E-state index contributed by atoms with van der Waals surface area (Å²) in [5.41, 5.74) is 4.57. The second kappa shape index (κ2) is 2.87. The summed E-state index contributed by atoms with van der Waals surface area (Å²) >= 11 is 0. The second-order valence-electron chi connectivity index (χ2n) is 3.43. The maximum absolute atomic E-state index is 4.06. The first kappa shape index (κ1) is 7.62. The minimum Gasteiger partial charge on any atom is -0.133 e. The van der Waals surface area contributed by atoms with E-state index in [0.717, 1.165) is 24.3 Å². The van der Waals surface area contributed by atoms with Gasteiger partial charge in [0.25, 0.3) is 0 Å². The summed E-state index contributed by atoms with van der Waals surface area (Å²) in [5, 5.41) is 11.7. The zero-order valence-corrected chi connectivity index (χ0v) is 7.64. The molecule has 0 N–H and O–H groups in total. The zero-order valence-electron chi connectivity index (χ0n) is 7.64. The van der Waals surface area contributed by atoms with Gasteiger partial charge in [0.1, 0.15) is 5.70 Å². The molecule has 0 amide bonds. The van der Waals surface area contributed by atoms with Crippen LogP contribution in [0.15, 0.2) is 51.5 Å². The Kier molecular flexibility index (Phi) is 1.56. The summed E-state index contributed by atoms with van der Waals surface area (Å²) in [6.07, 6.45) is 2.02. The van der Waals surface area contributed by atoms with Crippen molar-refractivity contribution < 1.29 is 0 Å². The molecule has 0 radical (unpaired) electrons. The molecule has 0 saturated heterocycles. The van der Waals surface area contributed by atoms with E-state index in [1.807, 2.05) is 18.2 Å². The summed E-state index contributed by atoms with van der Waals surface area (Å²) in [5.74, 6) is 0. The number of fused-ring (bicyclic) bond motifs is 1. The highest BCUT2D eigenvalue weighted by Gasteiger charge is 2.25. The van der Waals surface area contributed by atoms with Crippen molar-refractivity contribution in [3.05, 3.63) is 41.6 Å². The van der Waals surface area contributed by atoms with Crippen LogP contribution in [0.25, 0.3) is 5.57 Å². The van der Waals surface area contributed by atoms with Gasteiger partial charge in [0.2, 0.25) is 0 Å². The van der Waals surface area contributed by atoms with Gasteiger partial charge in [0, 0.05) is 0 Å². The summed E-state index contributed by atoms with van der Waals surface area (Å²) < 4.78 is 0. The molecule has 0 fully saturated rings. The van der Waals surface area contributed by atoms with Crippen molar-refractivity contribution in [3.63, 3.8) is 0 Å². The minimum atomic E-state index is 0.979. The van der Waals surface area contributed by atoms with Crippen LogP contribution in [0, 0.1) is 0 Å². The Bertz CT molecular complexity index is 455. The first-order valence-electron chi connectivity index (χ1n) is 4.72. The van der Waals surface area contributed by atoms with Crippen molar-refractivity contribution in [2.75, 3.05) is 0 Å². The summed E-state index contributed by atoms with van der Waals surface area (Å²) in [7, 11) is 0. The Balaban J connectivity index is 2.13. The number of hydrogen-bond donors (Lipinski definition) is 0. The molecule has 14 heavy (non-hydrogen) atoms. The Labute approximate surface area is 81.9 Å². The number of nitrogens with zero attached hydrogens (tertiary/aromatic N) is 3. The van der Waals surface area contributed by atoms with E-state index in [-0.39, 0.29) is 0 Å². The molecular formula is C11H9N3. The smallest absolute Gasteiger partial charge is 0.115 e. The van der Waals surface area contributed by atoms with Crippen LogP contribution in [0.2, 0.25) is 0 Å². The van der Waals surface area contributed by atoms with E-state index in [1.54, 1.807) is 0 Å². The van der Waals surface area contributed by atoms with Crippen molar-refractivity contribution in [2.45, 2.75) is 12.8 Å². The van der Waals surface area contributed by atoms with Crippen LogP contribution in [0.1, 0.15) is 18.4 Å². The third-order valence-corrected chi connectivity index (χ3v) is 2.60. The summed E-state index contributed by atoms with van der Waals surface area (Å²) in [6, 6.07) is 10.3. The van der Waals surface area contributed by atoms with Crippen LogP contribution in [0.3, 0.4) is 0 Å². The quantitative estimate of drug-likeness (QED) is 0.641. The molecule has 0 unspecified atom stereocenters. The predicted octanol–water partition coefficient (Wildman–Crippen LogP) is 3.01. The summed E-state index contributed by atoms with van der Waals surface area (Å²) in [4.78, 5) is 0. The number of allylic oxidation sites excluding steroid dienone is 2. The fourth-order valence-corrected chi connectivity index (χ4v) is 1.91. The van der Waals surface area contributed by atoms with Gasteiger partial charge in [-0.15, -0.1) is 10.2 Å². The predicted molar refractivity (Wildman–Crippen MR) is 54.9 cm³/mol. The van der Waals surface area contributed by atoms with Crippen molar-refractivity contribution in [3.8, 4) is 0 Å². The van der Waals surface area contributed by atoms with Crippen LogP contribution >= 0.6 is 0 Å². The van der Waals surface area contributed by atoms with Crippen molar-refractivity contribution >= 4 is 11.3 Å². The molecule has 3 rings (SSSR count). The molecule has 0 spiro atoms. The molecule has 0 bridgehead atoms. The molecule has 3 heteroatoms. The molecule has 1 heterocycles. The fraction of sp³-hybridized carbons (Fsp3) is 0.182. The van der Waals surface area contributed by atoms with Crippen LogP contribution < -0.4 is 0 Å². The van der Waals surface area contributed by atoms with Gasteiger partial charge in [-0.3, -0.25) is 0 Å². The molecule has 2 aliphatic rings. The molecule has 0 aromatic heterocycles. The normalized spacial score (nSPS) is 18.7. The maximum Gasteiger partial charge on any atom is 0.115 e. The van der Waals surface area contributed by atoms with Gasteiger partial charge in [-0.25, -0.2) is 0 Å². The standard InChI is InChI=1S/C11H9N3/c1-2-4-8(5-3-1)9-6-7-10-11(9)13-14-12-10/h1-5H,6-7H2. The van der Waals surface area contributed by atoms with Crippen LogP contribution in [-0.4, -0.2) is 5.71 Å². The van der Waals surface area contributed by atoms with Gasteiger partial charge in [-0.2, -0.15) is 0 Å². The van der Waals surface area contributed by atoms with E-state index in [9.17, 15) is 0 Å². The molecule has 1 aliphatic carbocycles. The van der Waals surface area contributed by atoms with Gasteiger partial charge in [-0.05, 0) is 29.2 Å². The molecule has 3 nitrogen and oxygen atoms in total. The van der Waals surface area contributed by atoms with E-state index in [2.05, 4.69) is 27.6 Å². The largest absolute Gasteiger partial charge is 0.133 e. The average molecular weight is 183 g/mol. The van der Waals surface area contributed by atoms with Gasteiger partial charge >= 0.3 is 0 Å². The average Bonchev–Trinajstić information content (AvgIpc) is 2.79. The molecule has 1 aliphatic heterocycles. The van der Waals surface area contributed by atoms with E-state index < -0.39 is 0 Å². The highest BCUT2D eigenvalue weighted by Crippen LogP contribution is 2.35. The summed E-state index contributed by atoms with van der Waals surface area (Å²) in [6.45, 7) is 0. The van der Waals surface area contributed by atoms with E-state index in [4.69, 9.17) is 0 Å². The van der Waals surface area contributed by atoms with Crippen molar-refractivity contribution in [1.29, 1.82) is 0 Å². The number of rotatable bonds is 1. The SMILES string of the molecule is c1ccc(C2=C3N=NN=C3CC2)cc1. The molecule has 68 valence electrons. The third kappa shape index (κ3) is 1.02. The topological polar surface area (TPSA) is 37.1 Å². The van der Waals surface area contributed by atoms with Crippen LogP contribution in [0.4, 0.5) is 0 Å². The molecule has 0 saturated carbocycles. The Morgan fingerprint density at radius 3 is 2.71 bits per heavy atom. The first-order chi connectivity index (χ1) is 6.95. The fourth-order valence-electron chi connectivity index (χ4n) is 1.91. The van der Waals surface area contributed by atoms with Crippen molar-refractivity contribution in [2.24, 2.45) is 15.4 Å².